The zero-order valence-electron chi connectivity index (χ0n) is 5.28. The molecule has 0 aliphatic rings. The first-order valence-electron chi connectivity index (χ1n) is 1.44. The molecule has 0 spiro atoms. The number of rotatable bonds is 0. The van der Waals surface area contributed by atoms with E-state index < -0.39 is 0 Å². The van der Waals surface area contributed by atoms with Crippen molar-refractivity contribution in [3.05, 3.63) is 0 Å². The minimum atomic E-state index is 0. The Balaban J connectivity index is -0.00000000450. The molecule has 0 heterocycles. The average molecular weight is 257 g/mol. The van der Waals surface area contributed by atoms with Crippen LogP contribution in [0.25, 0.3) is 0 Å². The van der Waals surface area contributed by atoms with Crippen molar-refractivity contribution in [1.82, 2.24) is 0 Å². The molecule has 9 heavy (non-hydrogen) atoms. The quantitative estimate of drug-likeness (QED) is 0.491. The molecule has 6 heteroatoms. The molecule has 0 atom stereocenters. The van der Waals surface area contributed by atoms with Crippen molar-refractivity contribution in [2.24, 2.45) is 0 Å². The number of hydrogen-bond donors (Lipinski definition) is 0. The largest absolute Gasteiger partial charge is 0.412 e. The normalized spacial score (nSPS) is 3.78. The maximum Gasteiger partial charge on any atom is 0 e. The third-order valence-corrected chi connectivity index (χ3v) is 0. The molecule has 3 nitrogen and oxygen atoms in total. The molecule has 0 radical (unpaired) electrons. The Bertz CT molecular complexity index is 21.8. The molecule has 0 saturated carbocycles. The molecule has 6 N–H and O–H groups in total. The number of hydrogen-bond acceptors (Lipinski definition) is 0. The molecule has 63 valence electrons. The Labute approximate surface area is 88.6 Å². The predicted octanol–water partition coefficient (Wildman–Crippen LogP) is -1.12. The van der Waals surface area contributed by atoms with Gasteiger partial charge in [0, 0.05) is 34.1 Å². The summed E-state index contributed by atoms with van der Waals surface area (Å²) in [6.07, 6.45) is 0. The molecule has 0 amide bonds. The molecular weight excluding hydrogens is 244 g/mol. The summed E-state index contributed by atoms with van der Waals surface area (Å²) in [6, 6.07) is 0. The Kier molecular flexibility index (Phi) is 171. The second-order valence-corrected chi connectivity index (χ2v) is 2.96. The van der Waals surface area contributed by atoms with Crippen molar-refractivity contribution in [3.8, 4) is 0 Å². The van der Waals surface area contributed by atoms with Crippen LogP contribution in [0.15, 0.2) is 0 Å². The standard InChI is InChI=1S/C3H7.2Fe.3H2O.Ti/c1-3-2;;;;;;/h3H,1-2H3;;;3*1H2;. The van der Waals surface area contributed by atoms with Crippen molar-refractivity contribution >= 4 is 0 Å². The third kappa shape index (κ3) is 210. The van der Waals surface area contributed by atoms with Crippen LogP contribution in [0.5, 0.6) is 0 Å². The first kappa shape index (κ1) is 46.0. The van der Waals surface area contributed by atoms with Crippen LogP contribution in [0.2, 0.25) is 4.22 Å². The first-order valence-corrected chi connectivity index (χ1v) is 2.34. The Morgan fingerprint density at radius 1 is 0.889 bits per heavy atom. The van der Waals surface area contributed by atoms with E-state index in [1.54, 1.807) is 0 Å². The molecule has 0 unspecified atom stereocenters. The molecule has 0 saturated heterocycles. The summed E-state index contributed by atoms with van der Waals surface area (Å²) in [5, 5.41) is 0. The van der Waals surface area contributed by atoms with Gasteiger partial charge in [-0.3, -0.25) is 0 Å². The van der Waals surface area contributed by atoms with E-state index in [0.29, 0.717) is 0 Å². The van der Waals surface area contributed by atoms with Crippen LogP contribution < -0.4 is 0 Å². The molecule has 0 bridgehead atoms. The van der Waals surface area contributed by atoms with Crippen LogP contribution >= 0.6 is 0 Å². The molecule has 0 aliphatic carbocycles. The fourth-order valence-corrected chi connectivity index (χ4v) is 0. The van der Waals surface area contributed by atoms with Gasteiger partial charge >= 0.3 is 38.5 Å². The molecule has 0 aromatic heterocycles. The molecule has 0 aromatic rings. The van der Waals surface area contributed by atoms with Crippen LogP contribution in [-0.2, 0) is 54.6 Å². The van der Waals surface area contributed by atoms with E-state index in [-0.39, 0.29) is 50.6 Å². The topological polar surface area (TPSA) is 94.5 Å². The fourth-order valence-electron chi connectivity index (χ4n) is 0. The minimum Gasteiger partial charge on any atom is -0.412 e. The summed E-state index contributed by atoms with van der Waals surface area (Å²) in [4.78, 5) is 0. The van der Waals surface area contributed by atoms with E-state index in [2.05, 4.69) is 34.3 Å². The second-order valence-electron chi connectivity index (χ2n) is 1.15. The van der Waals surface area contributed by atoms with Crippen molar-refractivity contribution in [2.75, 3.05) is 0 Å². The minimum absolute atomic E-state index is 0. The van der Waals surface area contributed by atoms with E-state index >= 15 is 0 Å². The van der Waals surface area contributed by atoms with E-state index in [1.807, 2.05) is 0 Å². The summed E-state index contributed by atoms with van der Waals surface area (Å²) >= 11 is 2.17. The molecule has 0 aliphatic heterocycles. The fraction of sp³-hybridized carbons (Fsp3) is 1.00. The summed E-state index contributed by atoms with van der Waals surface area (Å²) in [7, 11) is 0. The Morgan fingerprint density at radius 3 is 0.889 bits per heavy atom. The van der Waals surface area contributed by atoms with Crippen LogP contribution in [-0.4, -0.2) is 16.4 Å². The second kappa shape index (κ2) is 33.4. The summed E-state index contributed by atoms with van der Waals surface area (Å²) < 4.78 is 0.833. The molecular formula is C3H13Fe2O3Ti. The van der Waals surface area contributed by atoms with Gasteiger partial charge in [-0.05, 0) is 0 Å². The average Bonchev–Trinajstić information content (AvgIpc) is 0.811. The van der Waals surface area contributed by atoms with Crippen LogP contribution in [0.3, 0.4) is 0 Å². The van der Waals surface area contributed by atoms with Gasteiger partial charge in [-0.15, -0.1) is 0 Å². The van der Waals surface area contributed by atoms with Crippen molar-refractivity contribution in [2.45, 2.75) is 18.1 Å². The predicted molar refractivity (Wildman–Crippen MR) is 25.9 cm³/mol. The summed E-state index contributed by atoms with van der Waals surface area (Å²) in [5.41, 5.74) is 0. The van der Waals surface area contributed by atoms with Crippen molar-refractivity contribution < 1.29 is 71.0 Å². The molecule has 0 fully saturated rings. The van der Waals surface area contributed by atoms with Gasteiger partial charge in [0.15, 0.2) is 0 Å². The third-order valence-electron chi connectivity index (χ3n) is 0. The van der Waals surface area contributed by atoms with E-state index in [1.165, 1.54) is 0 Å². The summed E-state index contributed by atoms with van der Waals surface area (Å²) in [6.45, 7) is 4.33. The maximum absolute atomic E-state index is 2.17. The first-order chi connectivity index (χ1) is 1.73. The van der Waals surface area contributed by atoms with E-state index in [0.717, 1.165) is 4.22 Å². The summed E-state index contributed by atoms with van der Waals surface area (Å²) in [5.74, 6) is 0. The van der Waals surface area contributed by atoms with Gasteiger partial charge in [0.1, 0.15) is 0 Å². The smallest absolute Gasteiger partial charge is 0 e. The molecule has 0 rings (SSSR count). The van der Waals surface area contributed by atoms with Crippen LogP contribution in [0.4, 0.5) is 0 Å². The van der Waals surface area contributed by atoms with Crippen LogP contribution in [0, 0.1) is 0 Å². The Morgan fingerprint density at radius 2 is 0.889 bits per heavy atom. The zero-order valence-corrected chi connectivity index (χ0v) is 9.05. The van der Waals surface area contributed by atoms with Gasteiger partial charge in [-0.25, -0.2) is 0 Å². The monoisotopic (exact) mass is 257 g/mol. The van der Waals surface area contributed by atoms with Gasteiger partial charge in [-0.1, -0.05) is 0 Å². The van der Waals surface area contributed by atoms with Gasteiger partial charge in [0.05, 0.1) is 0 Å². The zero-order chi connectivity index (χ0) is 3.58. The van der Waals surface area contributed by atoms with E-state index in [4.69, 9.17) is 0 Å². The van der Waals surface area contributed by atoms with Gasteiger partial charge in [0.2, 0.25) is 0 Å². The van der Waals surface area contributed by atoms with Crippen molar-refractivity contribution in [3.63, 3.8) is 0 Å². The van der Waals surface area contributed by atoms with Gasteiger partial charge in [0.25, 0.3) is 0 Å². The maximum atomic E-state index is 2.17. The van der Waals surface area contributed by atoms with E-state index in [9.17, 15) is 0 Å². The van der Waals surface area contributed by atoms with Gasteiger partial charge < -0.3 is 16.4 Å². The Hall–Kier alpha value is 1.63. The molecule has 0 aromatic carbocycles. The van der Waals surface area contributed by atoms with Crippen LogP contribution in [0.1, 0.15) is 13.8 Å². The van der Waals surface area contributed by atoms with Gasteiger partial charge in [-0.2, -0.15) is 0 Å². The van der Waals surface area contributed by atoms with Crippen molar-refractivity contribution in [1.29, 1.82) is 0 Å². The SMILES string of the molecule is C[CH](C)[Ti].O.O.O.[Fe].[Fe].